The molecule has 2 N–H and O–H groups in total. The quantitative estimate of drug-likeness (QED) is 0.681. The second-order valence-electron chi connectivity index (χ2n) is 4.20. The van der Waals surface area contributed by atoms with Gasteiger partial charge in [-0.15, -0.1) is 12.3 Å². The lowest BCUT2D eigenvalue weighted by molar-refractivity contribution is -0.134. The fourth-order valence-corrected chi connectivity index (χ4v) is 3.77. The predicted octanol–water partition coefficient (Wildman–Crippen LogP) is -0.627. The Morgan fingerprint density at radius 3 is 2.71 bits per heavy atom. The maximum absolute atomic E-state index is 12.0. The molecular weight excluding hydrogens is 240 g/mol. The van der Waals surface area contributed by atoms with Gasteiger partial charge in [0.15, 0.2) is 9.84 Å². The van der Waals surface area contributed by atoms with Crippen molar-refractivity contribution >= 4 is 15.7 Å². The molecule has 96 valence electrons. The summed E-state index contributed by atoms with van der Waals surface area (Å²) in [5, 5.41) is 0. The molecule has 1 heterocycles. The van der Waals surface area contributed by atoms with Gasteiger partial charge in [0.1, 0.15) is 0 Å². The van der Waals surface area contributed by atoms with Gasteiger partial charge >= 0.3 is 0 Å². The van der Waals surface area contributed by atoms with Crippen LogP contribution < -0.4 is 5.73 Å². The zero-order valence-corrected chi connectivity index (χ0v) is 10.7. The Hall–Kier alpha value is -1.06. The van der Waals surface area contributed by atoms with Crippen molar-refractivity contribution < 1.29 is 13.2 Å². The lowest BCUT2D eigenvalue weighted by atomic mass is 10.1. The van der Waals surface area contributed by atoms with Crippen molar-refractivity contribution in [3.8, 4) is 12.3 Å². The first kappa shape index (κ1) is 14.0. The van der Waals surface area contributed by atoms with Crippen LogP contribution in [0.3, 0.4) is 0 Å². The summed E-state index contributed by atoms with van der Waals surface area (Å²) in [6, 6.07) is -0.982. The van der Waals surface area contributed by atoms with Gasteiger partial charge in [-0.25, -0.2) is 8.42 Å². The molecule has 1 amide bonds. The summed E-state index contributed by atoms with van der Waals surface area (Å²) in [5.41, 5.74) is 5.66. The Bertz CT molecular complexity index is 424. The molecule has 1 fully saturated rings. The van der Waals surface area contributed by atoms with Crippen molar-refractivity contribution in [1.82, 2.24) is 4.90 Å². The molecule has 0 aromatic heterocycles. The highest BCUT2D eigenvalue weighted by Gasteiger charge is 2.35. The van der Waals surface area contributed by atoms with Crippen LogP contribution in [0.5, 0.6) is 0 Å². The van der Waals surface area contributed by atoms with E-state index in [0.717, 1.165) is 0 Å². The van der Waals surface area contributed by atoms with Crippen LogP contribution in [0.15, 0.2) is 0 Å². The molecular formula is C11H18N2O3S. The smallest absolute Gasteiger partial charge is 0.240 e. The van der Waals surface area contributed by atoms with Crippen LogP contribution in [0.1, 0.15) is 19.8 Å². The summed E-state index contributed by atoms with van der Waals surface area (Å²) >= 11 is 0. The first-order valence-corrected chi connectivity index (χ1v) is 7.43. The molecule has 6 heteroatoms. The summed E-state index contributed by atoms with van der Waals surface area (Å²) in [4.78, 5) is 13.5. The van der Waals surface area contributed by atoms with Crippen molar-refractivity contribution in [2.75, 3.05) is 18.1 Å². The Labute approximate surface area is 102 Å². The SMILES string of the molecule is C#CCC(N)C(=O)N(CC)C1CCS(=O)(=O)C1. The summed E-state index contributed by atoms with van der Waals surface area (Å²) in [6.07, 6.45) is 5.77. The van der Waals surface area contributed by atoms with Crippen LogP contribution in [-0.2, 0) is 14.6 Å². The van der Waals surface area contributed by atoms with E-state index in [0.29, 0.717) is 13.0 Å². The largest absolute Gasteiger partial charge is 0.338 e. The molecule has 0 spiro atoms. The highest BCUT2D eigenvalue weighted by molar-refractivity contribution is 7.91. The molecule has 0 aliphatic carbocycles. The number of nitrogens with two attached hydrogens (primary N) is 1. The number of carbonyl (C=O) groups excluding carboxylic acids is 1. The molecule has 0 radical (unpaired) electrons. The van der Waals surface area contributed by atoms with Crippen LogP contribution in [0.4, 0.5) is 0 Å². The van der Waals surface area contributed by atoms with Gasteiger partial charge in [0.2, 0.25) is 5.91 Å². The van der Waals surface area contributed by atoms with Gasteiger partial charge in [-0.05, 0) is 13.3 Å². The van der Waals surface area contributed by atoms with Gasteiger partial charge in [0.05, 0.1) is 17.5 Å². The second kappa shape index (κ2) is 5.52. The number of likely N-dealkylation sites (N-methyl/N-ethyl adjacent to an activating group) is 1. The number of sulfone groups is 1. The van der Waals surface area contributed by atoms with E-state index < -0.39 is 15.9 Å². The molecule has 1 rings (SSSR count). The average Bonchev–Trinajstić information content (AvgIpc) is 2.60. The Balaban J connectivity index is 2.73. The third-order valence-electron chi connectivity index (χ3n) is 2.93. The zero-order valence-electron chi connectivity index (χ0n) is 9.93. The fraction of sp³-hybridized carbons (Fsp3) is 0.727. The topological polar surface area (TPSA) is 80.5 Å². The van der Waals surface area contributed by atoms with E-state index in [2.05, 4.69) is 5.92 Å². The van der Waals surface area contributed by atoms with E-state index >= 15 is 0 Å². The third kappa shape index (κ3) is 3.45. The maximum Gasteiger partial charge on any atom is 0.240 e. The molecule has 0 aromatic rings. The monoisotopic (exact) mass is 258 g/mol. The van der Waals surface area contributed by atoms with Crippen LogP contribution in [0, 0.1) is 12.3 Å². The molecule has 0 aromatic carbocycles. The molecule has 1 aliphatic rings. The van der Waals surface area contributed by atoms with E-state index in [1.165, 1.54) is 4.90 Å². The Morgan fingerprint density at radius 1 is 1.65 bits per heavy atom. The zero-order chi connectivity index (χ0) is 13.1. The summed E-state index contributed by atoms with van der Waals surface area (Å²) in [6.45, 7) is 2.27. The first-order chi connectivity index (χ1) is 7.91. The number of nitrogens with zero attached hydrogens (tertiary/aromatic N) is 1. The van der Waals surface area contributed by atoms with E-state index in [1.807, 2.05) is 6.92 Å². The van der Waals surface area contributed by atoms with Crippen molar-refractivity contribution in [2.24, 2.45) is 5.73 Å². The van der Waals surface area contributed by atoms with Gasteiger partial charge in [0, 0.05) is 19.0 Å². The van der Waals surface area contributed by atoms with Crippen molar-refractivity contribution in [3.05, 3.63) is 0 Å². The number of rotatable bonds is 4. The normalized spacial score (nSPS) is 23.9. The minimum atomic E-state index is -3.00. The number of carbonyl (C=O) groups is 1. The Morgan fingerprint density at radius 2 is 2.29 bits per heavy atom. The van der Waals surface area contributed by atoms with Crippen LogP contribution in [0.25, 0.3) is 0 Å². The summed E-state index contributed by atoms with van der Waals surface area (Å²) in [5.74, 6) is 2.27. The van der Waals surface area contributed by atoms with Crippen LogP contribution in [-0.4, -0.2) is 49.4 Å². The highest BCUT2D eigenvalue weighted by atomic mass is 32.2. The third-order valence-corrected chi connectivity index (χ3v) is 4.68. The first-order valence-electron chi connectivity index (χ1n) is 5.61. The van der Waals surface area contributed by atoms with Gasteiger partial charge in [0.25, 0.3) is 0 Å². The minimum Gasteiger partial charge on any atom is -0.338 e. The standard InChI is InChI=1S/C11H18N2O3S/c1-3-5-10(12)11(14)13(4-2)9-6-7-17(15,16)8-9/h1,9-10H,4-8,12H2,2H3. The molecule has 1 saturated heterocycles. The van der Waals surface area contributed by atoms with E-state index in [9.17, 15) is 13.2 Å². The number of hydrogen-bond donors (Lipinski definition) is 1. The van der Waals surface area contributed by atoms with Crippen LogP contribution >= 0.6 is 0 Å². The van der Waals surface area contributed by atoms with E-state index in [1.54, 1.807) is 0 Å². The molecule has 2 unspecified atom stereocenters. The number of hydrogen-bond acceptors (Lipinski definition) is 4. The van der Waals surface area contributed by atoms with Gasteiger partial charge in [-0.1, -0.05) is 0 Å². The van der Waals surface area contributed by atoms with E-state index in [-0.39, 0.29) is 29.9 Å². The number of amides is 1. The van der Waals surface area contributed by atoms with Gasteiger partial charge in [-0.3, -0.25) is 4.79 Å². The predicted molar refractivity (Wildman–Crippen MR) is 65.9 cm³/mol. The lowest BCUT2D eigenvalue weighted by Gasteiger charge is -2.28. The number of terminal acetylenes is 1. The molecule has 0 bridgehead atoms. The molecule has 17 heavy (non-hydrogen) atoms. The molecule has 5 nitrogen and oxygen atoms in total. The fourth-order valence-electron chi connectivity index (χ4n) is 2.04. The average molecular weight is 258 g/mol. The summed E-state index contributed by atoms with van der Waals surface area (Å²) < 4.78 is 22.8. The minimum absolute atomic E-state index is 0.0371. The molecule has 1 aliphatic heterocycles. The highest BCUT2D eigenvalue weighted by Crippen LogP contribution is 2.18. The van der Waals surface area contributed by atoms with Gasteiger partial charge < -0.3 is 10.6 Å². The van der Waals surface area contributed by atoms with Crippen molar-refractivity contribution in [1.29, 1.82) is 0 Å². The second-order valence-corrected chi connectivity index (χ2v) is 6.42. The van der Waals surface area contributed by atoms with E-state index in [4.69, 9.17) is 12.2 Å². The summed E-state index contributed by atoms with van der Waals surface area (Å²) in [7, 11) is -3.00. The van der Waals surface area contributed by atoms with Crippen molar-refractivity contribution in [3.63, 3.8) is 0 Å². The molecule has 0 saturated carbocycles. The van der Waals surface area contributed by atoms with Crippen LogP contribution in [0.2, 0.25) is 0 Å². The Kier molecular flexibility index (Phi) is 4.54. The van der Waals surface area contributed by atoms with Gasteiger partial charge in [-0.2, -0.15) is 0 Å². The maximum atomic E-state index is 12.0. The molecule has 2 atom stereocenters. The van der Waals surface area contributed by atoms with Crippen molar-refractivity contribution in [2.45, 2.75) is 31.8 Å². The lowest BCUT2D eigenvalue weighted by Crippen LogP contribution is -2.49.